The highest BCUT2D eigenvalue weighted by Crippen LogP contribution is 2.24. The molecule has 2 aromatic carbocycles. The van der Waals surface area contributed by atoms with Crippen LogP contribution in [0.2, 0.25) is 0 Å². The summed E-state index contributed by atoms with van der Waals surface area (Å²) in [5.74, 6) is 0. The van der Waals surface area contributed by atoms with Crippen LogP contribution < -0.4 is 0 Å². The van der Waals surface area contributed by atoms with Crippen LogP contribution in [0.5, 0.6) is 0 Å². The van der Waals surface area contributed by atoms with Gasteiger partial charge in [0.1, 0.15) is 7.11 Å². The second-order valence-electron chi connectivity index (χ2n) is 4.87. The lowest BCUT2D eigenvalue weighted by atomic mass is 10.1. The van der Waals surface area contributed by atoms with Crippen LogP contribution in [-0.2, 0) is 24.9 Å². The predicted molar refractivity (Wildman–Crippen MR) is 94.6 cm³/mol. The molecule has 122 valence electrons. The Morgan fingerprint density at radius 2 is 1.61 bits per heavy atom. The molecule has 2 rings (SSSR count). The number of ether oxygens (including phenoxy) is 1. The van der Waals surface area contributed by atoms with E-state index in [1.54, 1.807) is 14.2 Å². The number of methoxy groups -OCH3 is 1. The molecule has 4 nitrogen and oxygen atoms in total. The van der Waals surface area contributed by atoms with E-state index in [2.05, 4.69) is 36.3 Å². The lowest BCUT2D eigenvalue weighted by molar-refractivity contribution is 0.186. The molecule has 0 amide bonds. The van der Waals surface area contributed by atoms with E-state index >= 15 is 0 Å². The van der Waals surface area contributed by atoms with Crippen molar-refractivity contribution in [3.8, 4) is 0 Å². The summed E-state index contributed by atoms with van der Waals surface area (Å²) >= 11 is -0.606. The molecule has 2 aromatic rings. The Hall–Kier alpha value is -1.82. The van der Waals surface area contributed by atoms with Crippen molar-refractivity contribution < 1.29 is 13.8 Å². The fraction of sp³-hybridized carbons (Fsp3) is 0.278. The monoisotopic (exact) mass is 332 g/mol. The summed E-state index contributed by atoms with van der Waals surface area (Å²) in [5.41, 5.74) is 2.51. The first-order valence-corrected chi connectivity index (χ1v) is 8.46. The number of aryl methyl sites for hydroxylation is 1. The van der Waals surface area contributed by atoms with Gasteiger partial charge >= 0.3 is 5.44 Å². The average Bonchev–Trinajstić information content (AvgIpc) is 2.60. The Kier molecular flexibility index (Phi) is 6.65. The summed E-state index contributed by atoms with van der Waals surface area (Å²) < 4.78 is 11.5. The van der Waals surface area contributed by atoms with Crippen LogP contribution in [0.15, 0.2) is 64.6 Å². The summed E-state index contributed by atoms with van der Waals surface area (Å²) in [7, 11) is 4.88. The molecule has 0 heterocycles. The van der Waals surface area contributed by atoms with Gasteiger partial charge in [-0.1, -0.05) is 53.2 Å². The van der Waals surface area contributed by atoms with Gasteiger partial charge in [0, 0.05) is 12.7 Å². The summed E-state index contributed by atoms with van der Waals surface area (Å²) in [4.78, 5) is 6.11. The van der Waals surface area contributed by atoms with Gasteiger partial charge in [-0.15, -0.1) is 0 Å². The Labute approximate surface area is 140 Å². The molecule has 0 fully saturated rings. The Morgan fingerprint density at radius 1 is 0.957 bits per heavy atom. The maximum Gasteiger partial charge on any atom is 0.303 e. The first-order valence-electron chi connectivity index (χ1n) is 7.24. The van der Waals surface area contributed by atoms with Crippen molar-refractivity contribution in [1.82, 2.24) is 0 Å². The number of nitrogens with zero attached hydrogens (tertiary/aromatic N) is 1. The molecule has 0 saturated carbocycles. The molecule has 2 atom stereocenters. The first-order chi connectivity index (χ1) is 11.2. The van der Waals surface area contributed by atoms with Crippen LogP contribution in [0, 0.1) is 6.92 Å². The predicted octanol–water partition coefficient (Wildman–Crippen LogP) is 3.56. The molecular formula is C18H22NO3S+. The smallest absolute Gasteiger partial charge is 0.303 e. The summed E-state index contributed by atoms with van der Waals surface area (Å²) in [6, 6.07) is 18.1. The topological polar surface area (TPSA) is 40.0 Å². The van der Waals surface area contributed by atoms with Crippen LogP contribution in [0.3, 0.4) is 0 Å². The minimum atomic E-state index is -0.606. The van der Waals surface area contributed by atoms with E-state index in [1.807, 2.05) is 30.3 Å². The average molecular weight is 332 g/mol. The second-order valence-corrected chi connectivity index (χ2v) is 6.70. The van der Waals surface area contributed by atoms with Crippen LogP contribution in [0.25, 0.3) is 0 Å². The fourth-order valence-electron chi connectivity index (χ4n) is 2.22. The lowest BCUT2D eigenvalue weighted by Gasteiger charge is -2.16. The van der Waals surface area contributed by atoms with Crippen molar-refractivity contribution >= 4 is 16.9 Å². The van der Waals surface area contributed by atoms with Crippen molar-refractivity contribution in [2.24, 2.45) is 5.16 Å². The van der Waals surface area contributed by atoms with E-state index in [1.165, 1.54) is 12.7 Å². The maximum absolute atomic E-state index is 5.74. The summed E-state index contributed by atoms with van der Waals surface area (Å²) in [6.07, 6.45) is 0. The third-order valence-corrected chi connectivity index (χ3v) is 5.22. The molecule has 0 aliphatic rings. The van der Waals surface area contributed by atoms with Gasteiger partial charge in [-0.05, 0) is 19.1 Å². The normalized spacial score (nSPS) is 14.3. The van der Waals surface area contributed by atoms with Gasteiger partial charge in [-0.25, -0.2) is 0 Å². The third kappa shape index (κ3) is 4.34. The molecule has 5 heteroatoms. The third-order valence-electron chi connectivity index (χ3n) is 3.32. The van der Waals surface area contributed by atoms with Gasteiger partial charge in [-0.3, -0.25) is 0 Å². The van der Waals surface area contributed by atoms with Crippen molar-refractivity contribution in [1.29, 1.82) is 0 Å². The first kappa shape index (κ1) is 17.5. The fourth-order valence-corrected chi connectivity index (χ4v) is 3.79. The zero-order valence-electron chi connectivity index (χ0n) is 13.9. The molecule has 2 unspecified atom stereocenters. The molecule has 0 radical (unpaired) electrons. The number of hydrogen-bond acceptors (Lipinski definition) is 4. The van der Waals surface area contributed by atoms with Gasteiger partial charge in [0.25, 0.3) is 0 Å². The van der Waals surface area contributed by atoms with Crippen LogP contribution in [0.1, 0.15) is 11.1 Å². The second kappa shape index (κ2) is 8.72. The lowest BCUT2D eigenvalue weighted by Crippen LogP contribution is -2.34. The van der Waals surface area contributed by atoms with E-state index in [9.17, 15) is 0 Å². The van der Waals surface area contributed by atoms with Crippen molar-refractivity contribution in [3.05, 3.63) is 65.7 Å². The molecule has 0 aromatic heterocycles. The van der Waals surface area contributed by atoms with E-state index < -0.39 is 11.2 Å². The number of hydrogen-bond donors (Lipinski definition) is 0. The minimum absolute atomic E-state index is 0.356. The standard InChI is InChI=1S/C18H22NO3S/c1-14-10-12-16(13-11-14)23(22-4)18(20-2)17(19-21-3)15-8-6-5-7-9-15/h5-13,18H,1-4H3/q+1/b19-17-. The van der Waals surface area contributed by atoms with E-state index in [0.29, 0.717) is 5.71 Å². The number of benzene rings is 2. The molecule has 23 heavy (non-hydrogen) atoms. The minimum Gasteiger partial charge on any atom is -0.399 e. The summed E-state index contributed by atoms with van der Waals surface area (Å²) in [5, 5.41) is 4.20. The Bertz CT molecular complexity index is 628. The largest absolute Gasteiger partial charge is 0.399 e. The highest BCUT2D eigenvalue weighted by molar-refractivity contribution is 7.93. The van der Waals surface area contributed by atoms with Crippen LogP contribution in [0.4, 0.5) is 0 Å². The Morgan fingerprint density at radius 3 is 2.13 bits per heavy atom. The van der Waals surface area contributed by atoms with Crippen LogP contribution >= 0.6 is 0 Å². The SMILES string of the molecule is CO/N=C(/c1ccccc1)C(OC)[S+](OC)c1ccc(C)cc1. The quantitative estimate of drug-likeness (QED) is 0.442. The van der Waals surface area contributed by atoms with Gasteiger partial charge in [-0.2, -0.15) is 4.18 Å². The Balaban J connectivity index is 2.41. The molecule has 0 spiro atoms. The van der Waals surface area contributed by atoms with E-state index in [0.717, 1.165) is 10.5 Å². The molecular weight excluding hydrogens is 310 g/mol. The number of oxime groups is 1. The zero-order chi connectivity index (χ0) is 16.7. The van der Waals surface area contributed by atoms with Gasteiger partial charge < -0.3 is 9.57 Å². The van der Waals surface area contributed by atoms with Gasteiger partial charge in [0.05, 0.1) is 7.11 Å². The van der Waals surface area contributed by atoms with Gasteiger partial charge in [0.2, 0.25) is 11.2 Å². The molecule has 0 aliphatic carbocycles. The van der Waals surface area contributed by atoms with Crippen molar-refractivity contribution in [2.45, 2.75) is 17.3 Å². The highest BCUT2D eigenvalue weighted by Gasteiger charge is 2.40. The van der Waals surface area contributed by atoms with Gasteiger partial charge in [0.15, 0.2) is 10.6 Å². The van der Waals surface area contributed by atoms with E-state index in [4.69, 9.17) is 13.8 Å². The van der Waals surface area contributed by atoms with Crippen LogP contribution in [-0.4, -0.2) is 32.5 Å². The van der Waals surface area contributed by atoms with Crippen molar-refractivity contribution in [2.75, 3.05) is 21.3 Å². The summed E-state index contributed by atoms with van der Waals surface area (Å²) in [6.45, 7) is 2.06. The highest BCUT2D eigenvalue weighted by atomic mass is 32.2. The molecule has 0 saturated heterocycles. The maximum atomic E-state index is 5.74. The molecule has 0 bridgehead atoms. The number of rotatable bonds is 7. The molecule has 0 N–H and O–H groups in total. The van der Waals surface area contributed by atoms with E-state index in [-0.39, 0.29) is 5.44 Å². The molecule has 0 aliphatic heterocycles. The van der Waals surface area contributed by atoms with Crippen molar-refractivity contribution in [3.63, 3.8) is 0 Å². The zero-order valence-corrected chi connectivity index (χ0v) is 14.7.